The molecule has 8 heteroatoms. The first-order valence-electron chi connectivity index (χ1n) is 11.3. The Balaban J connectivity index is 1.25. The van der Waals surface area contributed by atoms with E-state index in [1.165, 1.54) is 5.56 Å². The van der Waals surface area contributed by atoms with Crippen molar-refractivity contribution in [2.75, 3.05) is 25.1 Å². The molecule has 2 aliphatic rings. The first-order valence-corrected chi connectivity index (χ1v) is 11.3. The molecule has 0 bridgehead atoms. The standard InChI is InChI=1S/C24H30N6O2/c1-3-29-9-8-16-10-17(12-26-23(16)29)24(31)27-18-5-6-20-15(11-18)4-7-22(28-20)30-13-19(25)21(14-30)32-2/h4,7-10,12,18-19,21H,3,5-6,11,13-14,25H2,1-2H3,(H,27,31)/t18-,19-,21-/m0/s1. The summed E-state index contributed by atoms with van der Waals surface area (Å²) in [4.78, 5) is 24.5. The van der Waals surface area contributed by atoms with E-state index in [-0.39, 0.29) is 24.1 Å². The van der Waals surface area contributed by atoms with Crippen molar-refractivity contribution in [1.82, 2.24) is 19.9 Å². The molecule has 3 N–H and O–H groups in total. The Kier molecular flexibility index (Phi) is 5.57. The molecule has 1 aliphatic heterocycles. The summed E-state index contributed by atoms with van der Waals surface area (Å²) in [6, 6.07) is 8.23. The molecule has 1 fully saturated rings. The number of aryl methyl sites for hydroxylation is 2. The Morgan fingerprint density at radius 1 is 1.31 bits per heavy atom. The molecule has 32 heavy (non-hydrogen) atoms. The molecule has 3 aromatic heterocycles. The smallest absolute Gasteiger partial charge is 0.253 e. The summed E-state index contributed by atoms with van der Waals surface area (Å²) in [6.45, 7) is 4.46. The van der Waals surface area contributed by atoms with E-state index in [0.29, 0.717) is 5.56 Å². The zero-order valence-corrected chi connectivity index (χ0v) is 18.6. The van der Waals surface area contributed by atoms with Gasteiger partial charge in [0, 0.05) is 56.3 Å². The second kappa shape index (κ2) is 8.52. The number of fused-ring (bicyclic) bond motifs is 2. The maximum Gasteiger partial charge on any atom is 0.253 e. The summed E-state index contributed by atoms with van der Waals surface area (Å²) in [6.07, 6.45) is 6.22. The molecular weight excluding hydrogens is 404 g/mol. The van der Waals surface area contributed by atoms with Crippen molar-refractivity contribution in [3.63, 3.8) is 0 Å². The molecule has 0 radical (unpaired) electrons. The van der Waals surface area contributed by atoms with Gasteiger partial charge < -0.3 is 25.3 Å². The second-order valence-corrected chi connectivity index (χ2v) is 8.77. The zero-order chi connectivity index (χ0) is 22.2. The van der Waals surface area contributed by atoms with Crippen molar-refractivity contribution < 1.29 is 9.53 Å². The van der Waals surface area contributed by atoms with Gasteiger partial charge in [0.2, 0.25) is 0 Å². The first kappa shape index (κ1) is 20.9. The third-order valence-corrected chi connectivity index (χ3v) is 6.72. The number of hydrogen-bond donors (Lipinski definition) is 2. The van der Waals surface area contributed by atoms with Crippen molar-refractivity contribution in [3.05, 3.63) is 53.5 Å². The van der Waals surface area contributed by atoms with Crippen LogP contribution in [-0.4, -0.2) is 58.8 Å². The highest BCUT2D eigenvalue weighted by molar-refractivity contribution is 5.97. The van der Waals surface area contributed by atoms with Gasteiger partial charge in [0.1, 0.15) is 11.5 Å². The number of aromatic nitrogens is 3. The van der Waals surface area contributed by atoms with Crippen LogP contribution in [-0.2, 0) is 24.1 Å². The molecule has 0 spiro atoms. The number of amides is 1. The Hall–Kier alpha value is -2.97. The SMILES string of the molecule is CCn1ccc2cc(C(=O)N[C@H]3CCc4nc(N5C[C@H](OC)[C@@H](N)C5)ccc4C3)cnc21. The van der Waals surface area contributed by atoms with Crippen LogP contribution in [0.25, 0.3) is 11.0 Å². The van der Waals surface area contributed by atoms with Crippen molar-refractivity contribution in [2.24, 2.45) is 5.73 Å². The highest BCUT2D eigenvalue weighted by Gasteiger charge is 2.31. The van der Waals surface area contributed by atoms with Gasteiger partial charge in [0.25, 0.3) is 5.91 Å². The van der Waals surface area contributed by atoms with Crippen LogP contribution in [0.2, 0.25) is 0 Å². The van der Waals surface area contributed by atoms with Crippen molar-refractivity contribution in [3.8, 4) is 0 Å². The molecule has 168 valence electrons. The quantitative estimate of drug-likeness (QED) is 0.637. The van der Waals surface area contributed by atoms with E-state index < -0.39 is 0 Å². The third kappa shape index (κ3) is 3.84. The summed E-state index contributed by atoms with van der Waals surface area (Å²) >= 11 is 0. The molecule has 3 aromatic rings. The minimum atomic E-state index is -0.0710. The van der Waals surface area contributed by atoms with E-state index in [2.05, 4.69) is 38.8 Å². The molecule has 0 saturated carbocycles. The number of hydrogen-bond acceptors (Lipinski definition) is 6. The van der Waals surface area contributed by atoms with Crippen LogP contribution in [0, 0.1) is 0 Å². The number of nitrogens with two attached hydrogens (primary N) is 1. The van der Waals surface area contributed by atoms with Crippen LogP contribution in [0.1, 0.15) is 35.0 Å². The number of anilines is 1. The lowest BCUT2D eigenvalue weighted by molar-refractivity contribution is 0.0933. The molecule has 0 aromatic carbocycles. The lowest BCUT2D eigenvalue weighted by Crippen LogP contribution is -2.39. The number of nitrogens with one attached hydrogen (secondary N) is 1. The van der Waals surface area contributed by atoms with E-state index in [0.717, 1.165) is 61.4 Å². The molecule has 1 saturated heterocycles. The van der Waals surface area contributed by atoms with E-state index in [1.807, 2.05) is 18.3 Å². The predicted molar refractivity (Wildman–Crippen MR) is 124 cm³/mol. The van der Waals surface area contributed by atoms with Crippen LogP contribution in [0.15, 0.2) is 36.7 Å². The number of methoxy groups -OCH3 is 1. The van der Waals surface area contributed by atoms with Crippen molar-refractivity contribution in [2.45, 2.75) is 50.9 Å². The largest absolute Gasteiger partial charge is 0.378 e. The summed E-state index contributed by atoms with van der Waals surface area (Å²) in [7, 11) is 1.71. The Labute approximate surface area is 187 Å². The number of carbonyl (C=O) groups is 1. The van der Waals surface area contributed by atoms with Crippen LogP contribution >= 0.6 is 0 Å². The van der Waals surface area contributed by atoms with Crippen LogP contribution in [0.4, 0.5) is 5.82 Å². The maximum absolute atomic E-state index is 12.9. The molecule has 0 unspecified atom stereocenters. The number of pyridine rings is 2. The summed E-state index contributed by atoms with van der Waals surface area (Å²) < 4.78 is 7.54. The van der Waals surface area contributed by atoms with Crippen molar-refractivity contribution in [1.29, 1.82) is 0 Å². The molecule has 1 aliphatic carbocycles. The molecule has 5 rings (SSSR count). The first-order chi connectivity index (χ1) is 15.6. The van der Waals surface area contributed by atoms with Gasteiger partial charge in [-0.05, 0) is 49.9 Å². The minimum Gasteiger partial charge on any atom is -0.378 e. The van der Waals surface area contributed by atoms with E-state index >= 15 is 0 Å². The van der Waals surface area contributed by atoms with Gasteiger partial charge in [-0.25, -0.2) is 9.97 Å². The van der Waals surface area contributed by atoms with E-state index in [9.17, 15) is 4.79 Å². The Bertz CT molecular complexity index is 1140. The number of ether oxygens (including phenoxy) is 1. The number of nitrogens with zero attached hydrogens (tertiary/aromatic N) is 4. The molecule has 8 nitrogen and oxygen atoms in total. The lowest BCUT2D eigenvalue weighted by Gasteiger charge is -2.26. The van der Waals surface area contributed by atoms with Gasteiger partial charge in [-0.3, -0.25) is 4.79 Å². The normalized spacial score (nSPS) is 22.8. The van der Waals surface area contributed by atoms with Gasteiger partial charge >= 0.3 is 0 Å². The van der Waals surface area contributed by atoms with Crippen LogP contribution in [0.5, 0.6) is 0 Å². The Morgan fingerprint density at radius 3 is 2.97 bits per heavy atom. The number of carbonyl (C=O) groups excluding carboxylic acids is 1. The fourth-order valence-corrected chi connectivity index (χ4v) is 4.86. The summed E-state index contributed by atoms with van der Waals surface area (Å²) in [5.74, 6) is 0.887. The van der Waals surface area contributed by atoms with Gasteiger partial charge in [-0.1, -0.05) is 6.07 Å². The van der Waals surface area contributed by atoms with Gasteiger partial charge in [-0.15, -0.1) is 0 Å². The predicted octanol–water partition coefficient (Wildman–Crippen LogP) is 1.90. The molecule has 4 heterocycles. The minimum absolute atomic E-state index is 0.00617. The molecular formula is C24H30N6O2. The fraction of sp³-hybridized carbons (Fsp3) is 0.458. The van der Waals surface area contributed by atoms with E-state index in [4.69, 9.17) is 15.5 Å². The molecule has 1 amide bonds. The van der Waals surface area contributed by atoms with E-state index in [1.54, 1.807) is 13.3 Å². The topological polar surface area (TPSA) is 98.3 Å². The van der Waals surface area contributed by atoms with Gasteiger partial charge in [0.15, 0.2) is 0 Å². The monoisotopic (exact) mass is 434 g/mol. The van der Waals surface area contributed by atoms with Gasteiger partial charge in [0.05, 0.1) is 17.7 Å². The highest BCUT2D eigenvalue weighted by Crippen LogP contribution is 2.26. The Morgan fingerprint density at radius 2 is 2.19 bits per heavy atom. The van der Waals surface area contributed by atoms with Crippen molar-refractivity contribution >= 4 is 22.8 Å². The summed E-state index contributed by atoms with van der Waals surface area (Å²) in [5.41, 5.74) is 9.99. The molecule has 3 atom stereocenters. The van der Waals surface area contributed by atoms with Gasteiger partial charge in [-0.2, -0.15) is 0 Å². The average Bonchev–Trinajstić information content (AvgIpc) is 3.40. The van der Waals surface area contributed by atoms with Crippen LogP contribution in [0.3, 0.4) is 0 Å². The van der Waals surface area contributed by atoms with Crippen LogP contribution < -0.4 is 16.0 Å². The summed E-state index contributed by atoms with van der Waals surface area (Å²) in [5, 5.41) is 4.18. The zero-order valence-electron chi connectivity index (χ0n) is 18.6. The second-order valence-electron chi connectivity index (χ2n) is 8.77. The average molecular weight is 435 g/mol. The lowest BCUT2D eigenvalue weighted by atomic mass is 9.91. The number of rotatable bonds is 5. The third-order valence-electron chi connectivity index (χ3n) is 6.72. The maximum atomic E-state index is 12.9. The highest BCUT2D eigenvalue weighted by atomic mass is 16.5. The fourth-order valence-electron chi connectivity index (χ4n) is 4.86.